The number of hydrogen-bond acceptors (Lipinski definition) is 3. The molecular formula is C22H26FN3O2. The minimum Gasteiger partial charge on any atom is -0.368 e. The second-order valence-electron chi connectivity index (χ2n) is 6.99. The van der Waals surface area contributed by atoms with Gasteiger partial charge in [-0.05, 0) is 30.2 Å². The summed E-state index contributed by atoms with van der Waals surface area (Å²) in [6.07, 6.45) is 0.390. The SMILES string of the molecule is CC(=O)N(CCc1ccccc1F)CC(=O)N1CCN(c2ccccc2)CC1. The summed E-state index contributed by atoms with van der Waals surface area (Å²) in [4.78, 5) is 30.2. The lowest BCUT2D eigenvalue weighted by atomic mass is 10.1. The molecule has 1 aliphatic rings. The molecule has 1 aliphatic heterocycles. The maximum Gasteiger partial charge on any atom is 0.242 e. The van der Waals surface area contributed by atoms with E-state index in [2.05, 4.69) is 17.0 Å². The van der Waals surface area contributed by atoms with Crippen LogP contribution in [0.2, 0.25) is 0 Å². The van der Waals surface area contributed by atoms with Crippen molar-refractivity contribution in [3.63, 3.8) is 0 Å². The van der Waals surface area contributed by atoms with Crippen LogP contribution in [0.25, 0.3) is 0 Å². The van der Waals surface area contributed by atoms with Gasteiger partial charge in [0.2, 0.25) is 11.8 Å². The van der Waals surface area contributed by atoms with E-state index in [0.29, 0.717) is 31.6 Å². The van der Waals surface area contributed by atoms with Gasteiger partial charge in [-0.1, -0.05) is 36.4 Å². The van der Waals surface area contributed by atoms with E-state index < -0.39 is 0 Å². The monoisotopic (exact) mass is 383 g/mol. The van der Waals surface area contributed by atoms with Crippen LogP contribution in [-0.2, 0) is 16.0 Å². The van der Waals surface area contributed by atoms with Crippen LogP contribution in [0, 0.1) is 5.82 Å². The molecular weight excluding hydrogens is 357 g/mol. The van der Waals surface area contributed by atoms with Crippen molar-refractivity contribution < 1.29 is 14.0 Å². The van der Waals surface area contributed by atoms with Crippen molar-refractivity contribution in [2.45, 2.75) is 13.3 Å². The number of rotatable bonds is 6. The summed E-state index contributed by atoms with van der Waals surface area (Å²) in [7, 11) is 0. The first-order chi connectivity index (χ1) is 13.5. The lowest BCUT2D eigenvalue weighted by molar-refractivity contribution is -0.139. The van der Waals surface area contributed by atoms with Gasteiger partial charge in [-0.15, -0.1) is 0 Å². The van der Waals surface area contributed by atoms with Crippen molar-refractivity contribution in [2.75, 3.05) is 44.2 Å². The summed E-state index contributed by atoms with van der Waals surface area (Å²) < 4.78 is 13.8. The van der Waals surface area contributed by atoms with Gasteiger partial charge in [0.1, 0.15) is 5.82 Å². The summed E-state index contributed by atoms with van der Waals surface area (Å²) in [6, 6.07) is 16.7. The molecule has 0 N–H and O–H groups in total. The minimum atomic E-state index is -0.283. The third kappa shape index (κ3) is 5.09. The van der Waals surface area contributed by atoms with Crippen molar-refractivity contribution in [3.8, 4) is 0 Å². The number of amides is 2. The van der Waals surface area contributed by atoms with E-state index in [1.54, 1.807) is 23.1 Å². The number of benzene rings is 2. The zero-order chi connectivity index (χ0) is 19.9. The Morgan fingerprint density at radius 3 is 2.25 bits per heavy atom. The van der Waals surface area contributed by atoms with E-state index in [9.17, 15) is 14.0 Å². The Balaban J connectivity index is 1.52. The topological polar surface area (TPSA) is 43.9 Å². The number of piperazine rings is 1. The lowest BCUT2D eigenvalue weighted by Crippen LogP contribution is -2.52. The van der Waals surface area contributed by atoms with E-state index in [1.807, 2.05) is 18.2 Å². The van der Waals surface area contributed by atoms with Crippen molar-refractivity contribution in [3.05, 3.63) is 66.0 Å². The highest BCUT2D eigenvalue weighted by Crippen LogP contribution is 2.16. The maximum absolute atomic E-state index is 13.8. The first-order valence-electron chi connectivity index (χ1n) is 9.61. The first kappa shape index (κ1) is 19.9. The maximum atomic E-state index is 13.8. The second-order valence-corrected chi connectivity index (χ2v) is 6.99. The van der Waals surface area contributed by atoms with E-state index >= 15 is 0 Å². The Kier molecular flexibility index (Phi) is 6.63. The Labute approximate surface area is 165 Å². The molecule has 5 nitrogen and oxygen atoms in total. The highest BCUT2D eigenvalue weighted by molar-refractivity contribution is 5.84. The van der Waals surface area contributed by atoms with Crippen molar-refractivity contribution >= 4 is 17.5 Å². The van der Waals surface area contributed by atoms with Gasteiger partial charge >= 0.3 is 0 Å². The Morgan fingerprint density at radius 1 is 0.964 bits per heavy atom. The molecule has 2 amide bonds. The van der Waals surface area contributed by atoms with Crippen molar-refractivity contribution in [2.24, 2.45) is 0 Å². The molecule has 148 valence electrons. The molecule has 0 bridgehead atoms. The number of carbonyl (C=O) groups is 2. The zero-order valence-electron chi connectivity index (χ0n) is 16.2. The molecule has 0 atom stereocenters. The Hall–Kier alpha value is -2.89. The highest BCUT2D eigenvalue weighted by Gasteiger charge is 2.23. The van der Waals surface area contributed by atoms with E-state index in [-0.39, 0.29) is 24.2 Å². The number of nitrogens with zero attached hydrogens (tertiary/aromatic N) is 3. The molecule has 0 unspecified atom stereocenters. The van der Waals surface area contributed by atoms with Crippen LogP contribution < -0.4 is 4.90 Å². The summed E-state index contributed by atoms with van der Waals surface area (Å²) >= 11 is 0. The third-order valence-corrected chi connectivity index (χ3v) is 5.13. The molecule has 2 aromatic carbocycles. The van der Waals surface area contributed by atoms with Crippen LogP contribution in [0.5, 0.6) is 0 Å². The van der Waals surface area contributed by atoms with Gasteiger partial charge in [0, 0.05) is 45.3 Å². The molecule has 0 aliphatic carbocycles. The van der Waals surface area contributed by atoms with Gasteiger partial charge in [0.25, 0.3) is 0 Å². The largest absolute Gasteiger partial charge is 0.368 e. The van der Waals surface area contributed by atoms with Gasteiger partial charge in [0.15, 0.2) is 0 Å². The van der Waals surface area contributed by atoms with Gasteiger partial charge in [-0.2, -0.15) is 0 Å². The molecule has 2 aromatic rings. The van der Waals surface area contributed by atoms with Crippen LogP contribution in [0.1, 0.15) is 12.5 Å². The van der Waals surface area contributed by atoms with Gasteiger partial charge in [-0.3, -0.25) is 9.59 Å². The predicted octanol–water partition coefficient (Wildman–Crippen LogP) is 2.57. The van der Waals surface area contributed by atoms with E-state index in [1.165, 1.54) is 17.9 Å². The average Bonchev–Trinajstić information content (AvgIpc) is 2.72. The van der Waals surface area contributed by atoms with Gasteiger partial charge < -0.3 is 14.7 Å². The van der Waals surface area contributed by atoms with Crippen molar-refractivity contribution in [1.29, 1.82) is 0 Å². The highest BCUT2D eigenvalue weighted by atomic mass is 19.1. The van der Waals surface area contributed by atoms with Gasteiger partial charge in [-0.25, -0.2) is 4.39 Å². The molecule has 0 aromatic heterocycles. The molecule has 6 heteroatoms. The second kappa shape index (κ2) is 9.35. The molecule has 0 saturated carbocycles. The van der Waals surface area contributed by atoms with Crippen molar-refractivity contribution in [1.82, 2.24) is 9.80 Å². The summed E-state index contributed by atoms with van der Waals surface area (Å²) in [6.45, 7) is 4.61. The number of para-hydroxylation sites is 1. The third-order valence-electron chi connectivity index (χ3n) is 5.13. The van der Waals surface area contributed by atoms with E-state index in [0.717, 1.165) is 18.8 Å². The lowest BCUT2D eigenvalue weighted by Gasteiger charge is -2.37. The molecule has 0 spiro atoms. The smallest absolute Gasteiger partial charge is 0.242 e. The molecule has 1 fully saturated rings. The van der Waals surface area contributed by atoms with Crippen LogP contribution in [0.4, 0.5) is 10.1 Å². The summed E-state index contributed by atoms with van der Waals surface area (Å²) in [5.41, 5.74) is 1.71. The molecule has 1 saturated heterocycles. The average molecular weight is 383 g/mol. The van der Waals surface area contributed by atoms with E-state index in [4.69, 9.17) is 0 Å². The fourth-order valence-corrected chi connectivity index (χ4v) is 3.42. The molecule has 0 radical (unpaired) electrons. The number of halogens is 1. The fourth-order valence-electron chi connectivity index (χ4n) is 3.42. The minimum absolute atomic E-state index is 0.0368. The van der Waals surface area contributed by atoms with Crippen LogP contribution in [0.3, 0.4) is 0 Å². The summed E-state index contributed by atoms with van der Waals surface area (Å²) in [5, 5.41) is 0. The van der Waals surface area contributed by atoms with Crippen LogP contribution in [-0.4, -0.2) is 60.9 Å². The Morgan fingerprint density at radius 2 is 1.61 bits per heavy atom. The molecule has 3 rings (SSSR count). The fraction of sp³-hybridized carbons (Fsp3) is 0.364. The Bertz CT molecular complexity index is 804. The quantitative estimate of drug-likeness (QED) is 0.770. The normalized spacial score (nSPS) is 14.1. The number of carbonyl (C=O) groups excluding carboxylic acids is 2. The standard InChI is InChI=1S/C22H26FN3O2/c1-18(27)26(12-11-19-7-5-6-10-21(19)23)17-22(28)25-15-13-24(14-16-25)20-8-3-2-4-9-20/h2-10H,11-17H2,1H3. The molecule has 28 heavy (non-hydrogen) atoms. The van der Waals surface area contributed by atoms with Crippen LogP contribution >= 0.6 is 0 Å². The van der Waals surface area contributed by atoms with Gasteiger partial charge in [0.05, 0.1) is 6.54 Å². The first-order valence-corrected chi connectivity index (χ1v) is 9.61. The number of hydrogen-bond donors (Lipinski definition) is 0. The number of anilines is 1. The van der Waals surface area contributed by atoms with Crippen LogP contribution in [0.15, 0.2) is 54.6 Å². The summed E-state index contributed by atoms with van der Waals surface area (Å²) in [5.74, 6) is -0.515. The zero-order valence-corrected chi connectivity index (χ0v) is 16.2. The predicted molar refractivity (Wildman–Crippen MR) is 108 cm³/mol. The molecule has 1 heterocycles.